The van der Waals surface area contributed by atoms with Gasteiger partial charge in [-0.1, -0.05) is 46.3 Å². The Hall–Kier alpha value is -1.32. The first-order valence-electron chi connectivity index (χ1n) is 7.24. The van der Waals surface area contributed by atoms with Crippen molar-refractivity contribution in [1.82, 2.24) is 5.32 Å². The predicted octanol–water partition coefficient (Wildman–Crippen LogP) is 4.87. The summed E-state index contributed by atoms with van der Waals surface area (Å²) in [4.78, 5) is 0. The van der Waals surface area contributed by atoms with Crippen LogP contribution in [0.5, 0.6) is 5.75 Å². The molecule has 0 saturated heterocycles. The zero-order chi connectivity index (χ0) is 15.3. The molecule has 0 aromatic heterocycles. The molecular weight excluding hydrogens is 326 g/mol. The Morgan fingerprint density at radius 2 is 1.71 bits per heavy atom. The third-order valence-corrected chi connectivity index (χ3v) is 4.09. The van der Waals surface area contributed by atoms with E-state index in [1.165, 1.54) is 11.1 Å². The maximum Gasteiger partial charge on any atom is 0.123 e. The van der Waals surface area contributed by atoms with Crippen molar-refractivity contribution >= 4 is 15.9 Å². The molecule has 0 aliphatic rings. The van der Waals surface area contributed by atoms with E-state index in [0.29, 0.717) is 6.61 Å². The summed E-state index contributed by atoms with van der Waals surface area (Å²) in [6.45, 7) is 7.86. The second kappa shape index (κ2) is 7.10. The molecule has 0 fully saturated rings. The summed E-state index contributed by atoms with van der Waals surface area (Å²) < 4.78 is 6.78. The monoisotopic (exact) mass is 347 g/mol. The first-order chi connectivity index (χ1) is 10.0. The zero-order valence-corrected chi connectivity index (χ0v) is 14.4. The Morgan fingerprint density at radius 3 is 2.38 bits per heavy atom. The summed E-state index contributed by atoms with van der Waals surface area (Å²) in [6.07, 6.45) is 0. The van der Waals surface area contributed by atoms with Crippen LogP contribution in [0.25, 0.3) is 0 Å². The number of nitrogens with one attached hydrogen (secondary N) is 1. The fourth-order valence-corrected chi connectivity index (χ4v) is 2.50. The van der Waals surface area contributed by atoms with Crippen LogP contribution in [0.4, 0.5) is 0 Å². The molecule has 0 aliphatic heterocycles. The molecule has 2 rings (SSSR count). The van der Waals surface area contributed by atoms with E-state index in [0.717, 1.165) is 16.8 Å². The van der Waals surface area contributed by atoms with E-state index in [-0.39, 0.29) is 5.54 Å². The van der Waals surface area contributed by atoms with E-state index in [1.54, 1.807) is 0 Å². The lowest BCUT2D eigenvalue weighted by Gasteiger charge is -2.27. The van der Waals surface area contributed by atoms with Crippen LogP contribution in [0.15, 0.2) is 53.0 Å². The van der Waals surface area contributed by atoms with Gasteiger partial charge in [-0.15, -0.1) is 0 Å². The van der Waals surface area contributed by atoms with Gasteiger partial charge in [-0.05, 0) is 44.5 Å². The third kappa shape index (κ3) is 4.32. The second-order valence-corrected chi connectivity index (χ2v) is 6.44. The van der Waals surface area contributed by atoms with Gasteiger partial charge in [-0.25, -0.2) is 0 Å². The Morgan fingerprint density at radius 1 is 1.05 bits per heavy atom. The van der Waals surface area contributed by atoms with Gasteiger partial charge in [0.2, 0.25) is 0 Å². The van der Waals surface area contributed by atoms with Crippen molar-refractivity contribution in [1.29, 1.82) is 0 Å². The number of benzene rings is 2. The lowest BCUT2D eigenvalue weighted by Crippen LogP contribution is -2.36. The predicted molar refractivity (Wildman–Crippen MR) is 91.6 cm³/mol. The highest BCUT2D eigenvalue weighted by molar-refractivity contribution is 9.10. The molecule has 0 radical (unpaired) electrons. The molecular formula is C18H22BrNO. The van der Waals surface area contributed by atoms with Crippen molar-refractivity contribution in [3.05, 3.63) is 64.1 Å². The van der Waals surface area contributed by atoms with E-state index in [2.05, 4.69) is 65.4 Å². The third-order valence-electron chi connectivity index (χ3n) is 3.56. The van der Waals surface area contributed by atoms with Crippen molar-refractivity contribution in [2.75, 3.05) is 6.61 Å². The van der Waals surface area contributed by atoms with Gasteiger partial charge in [0, 0.05) is 22.1 Å². The summed E-state index contributed by atoms with van der Waals surface area (Å²) in [6, 6.07) is 16.6. The molecule has 1 N–H and O–H groups in total. The van der Waals surface area contributed by atoms with Crippen LogP contribution in [0, 0.1) is 0 Å². The van der Waals surface area contributed by atoms with Crippen LogP contribution in [-0.2, 0) is 12.1 Å². The highest BCUT2D eigenvalue weighted by atomic mass is 79.9. The molecule has 0 bridgehead atoms. The molecule has 2 nitrogen and oxygen atoms in total. The first-order valence-corrected chi connectivity index (χ1v) is 8.04. The maximum atomic E-state index is 5.68. The van der Waals surface area contributed by atoms with Gasteiger partial charge in [-0.2, -0.15) is 0 Å². The second-order valence-electron chi connectivity index (χ2n) is 5.53. The van der Waals surface area contributed by atoms with Crippen LogP contribution >= 0.6 is 15.9 Å². The van der Waals surface area contributed by atoms with Crippen LogP contribution in [-0.4, -0.2) is 6.61 Å². The lowest BCUT2D eigenvalue weighted by molar-refractivity contribution is 0.330. The average Bonchev–Trinajstić information content (AvgIpc) is 2.47. The molecule has 0 spiro atoms. The van der Waals surface area contributed by atoms with Gasteiger partial charge in [0.15, 0.2) is 0 Å². The molecule has 2 aromatic carbocycles. The van der Waals surface area contributed by atoms with Gasteiger partial charge in [0.05, 0.1) is 6.61 Å². The molecule has 112 valence electrons. The number of hydrogen-bond acceptors (Lipinski definition) is 2. The van der Waals surface area contributed by atoms with E-state index in [4.69, 9.17) is 4.74 Å². The topological polar surface area (TPSA) is 21.3 Å². The molecule has 0 aliphatic carbocycles. The Labute approximate surface area is 135 Å². The smallest absolute Gasteiger partial charge is 0.123 e. The summed E-state index contributed by atoms with van der Waals surface area (Å²) in [5.74, 6) is 0.958. The largest absolute Gasteiger partial charge is 0.494 e. The van der Waals surface area contributed by atoms with Crippen LogP contribution in [0.3, 0.4) is 0 Å². The van der Waals surface area contributed by atoms with Crippen molar-refractivity contribution < 1.29 is 4.74 Å². The molecule has 0 atom stereocenters. The number of hydrogen-bond donors (Lipinski definition) is 1. The Bertz CT molecular complexity index is 578. The molecule has 0 saturated carbocycles. The summed E-state index contributed by atoms with van der Waals surface area (Å²) >= 11 is 3.48. The van der Waals surface area contributed by atoms with Gasteiger partial charge >= 0.3 is 0 Å². The lowest BCUT2D eigenvalue weighted by atomic mass is 9.94. The van der Waals surface area contributed by atoms with Crippen LogP contribution in [0.1, 0.15) is 31.9 Å². The fraction of sp³-hybridized carbons (Fsp3) is 0.333. The molecule has 21 heavy (non-hydrogen) atoms. The Kier molecular flexibility index (Phi) is 5.43. The van der Waals surface area contributed by atoms with Gasteiger partial charge in [-0.3, -0.25) is 0 Å². The van der Waals surface area contributed by atoms with E-state index >= 15 is 0 Å². The molecule has 0 amide bonds. The molecule has 0 unspecified atom stereocenters. The minimum absolute atomic E-state index is 0.0972. The molecule has 2 aromatic rings. The summed E-state index contributed by atoms with van der Waals surface area (Å²) in [5, 5.41) is 3.61. The van der Waals surface area contributed by atoms with Gasteiger partial charge < -0.3 is 10.1 Å². The van der Waals surface area contributed by atoms with E-state index < -0.39 is 0 Å². The van der Waals surface area contributed by atoms with E-state index in [1.807, 2.05) is 25.1 Å². The van der Waals surface area contributed by atoms with Crippen LogP contribution < -0.4 is 10.1 Å². The quantitative estimate of drug-likeness (QED) is 0.804. The van der Waals surface area contributed by atoms with Gasteiger partial charge in [0.25, 0.3) is 0 Å². The number of halogens is 1. The Balaban J connectivity index is 2.09. The van der Waals surface area contributed by atoms with Gasteiger partial charge in [0.1, 0.15) is 5.75 Å². The molecule has 0 heterocycles. The highest BCUT2D eigenvalue weighted by Crippen LogP contribution is 2.24. The average molecular weight is 348 g/mol. The molecule has 3 heteroatoms. The number of ether oxygens (including phenoxy) is 1. The zero-order valence-electron chi connectivity index (χ0n) is 12.8. The number of para-hydroxylation sites is 1. The van der Waals surface area contributed by atoms with Crippen molar-refractivity contribution in [3.8, 4) is 5.75 Å². The minimum atomic E-state index is -0.0972. The van der Waals surface area contributed by atoms with Crippen molar-refractivity contribution in [2.45, 2.75) is 32.9 Å². The fourth-order valence-electron chi connectivity index (χ4n) is 2.23. The SMILES string of the molecule is CCOc1ccccc1CNC(C)(C)c1ccc(Br)cc1. The normalized spacial score (nSPS) is 11.4. The maximum absolute atomic E-state index is 5.68. The summed E-state index contributed by atoms with van der Waals surface area (Å²) in [7, 11) is 0. The highest BCUT2D eigenvalue weighted by Gasteiger charge is 2.20. The van der Waals surface area contributed by atoms with E-state index in [9.17, 15) is 0 Å². The summed E-state index contributed by atoms with van der Waals surface area (Å²) in [5.41, 5.74) is 2.35. The minimum Gasteiger partial charge on any atom is -0.494 e. The standard InChI is InChI=1S/C18H22BrNO/c1-4-21-17-8-6-5-7-14(17)13-20-18(2,3)15-9-11-16(19)12-10-15/h5-12,20H,4,13H2,1-3H3. The first kappa shape index (κ1) is 16.1. The van der Waals surface area contributed by atoms with Crippen LogP contribution in [0.2, 0.25) is 0 Å². The van der Waals surface area contributed by atoms with Crippen molar-refractivity contribution in [2.24, 2.45) is 0 Å². The van der Waals surface area contributed by atoms with Crippen molar-refractivity contribution in [3.63, 3.8) is 0 Å². The number of rotatable bonds is 6.